The van der Waals surface area contributed by atoms with E-state index in [1.54, 1.807) is 12.1 Å². The first kappa shape index (κ1) is 14.5. The normalized spacial score (nSPS) is 10.2. The highest BCUT2D eigenvalue weighted by atomic mass is 19.1. The van der Waals surface area contributed by atoms with E-state index >= 15 is 0 Å². The van der Waals surface area contributed by atoms with E-state index in [9.17, 15) is 23.7 Å². The van der Waals surface area contributed by atoms with Crippen LogP contribution in [0.1, 0.15) is 15.9 Å². The average molecular weight is 293 g/mol. The highest BCUT2D eigenvalue weighted by Gasteiger charge is 2.24. The molecule has 0 aliphatic rings. The Balaban J connectivity index is 2.21. The second-order valence-corrected chi connectivity index (χ2v) is 4.08. The van der Waals surface area contributed by atoms with E-state index in [1.807, 2.05) is 0 Å². The van der Waals surface area contributed by atoms with Crippen LogP contribution in [0.3, 0.4) is 0 Å². The maximum absolute atomic E-state index is 13.8. The van der Waals surface area contributed by atoms with Crippen LogP contribution in [0, 0.1) is 21.7 Å². The zero-order valence-corrected chi connectivity index (χ0v) is 10.5. The van der Waals surface area contributed by atoms with Gasteiger partial charge in [-0.2, -0.15) is 4.39 Å². The second kappa shape index (κ2) is 6.04. The molecule has 1 N–H and O–H groups in total. The van der Waals surface area contributed by atoms with Gasteiger partial charge in [0, 0.05) is 18.9 Å². The van der Waals surface area contributed by atoms with Gasteiger partial charge < -0.3 is 5.32 Å². The zero-order valence-electron chi connectivity index (χ0n) is 10.5. The molecule has 0 unspecified atom stereocenters. The summed E-state index contributed by atoms with van der Waals surface area (Å²) in [5, 5.41) is 12.9. The Morgan fingerprint density at radius 1 is 1.29 bits per heavy atom. The fraction of sp³-hybridized carbons (Fsp3) is 0.0769. The predicted molar refractivity (Wildman–Crippen MR) is 68.4 cm³/mol. The molecule has 8 heteroatoms. The molecule has 1 aromatic carbocycles. The van der Waals surface area contributed by atoms with Gasteiger partial charge in [-0.05, 0) is 23.8 Å². The molecular formula is C13H9F2N3O3. The van der Waals surface area contributed by atoms with Crippen molar-refractivity contribution in [2.24, 2.45) is 0 Å². The van der Waals surface area contributed by atoms with Gasteiger partial charge in [0.2, 0.25) is 5.82 Å². The van der Waals surface area contributed by atoms with Crippen molar-refractivity contribution in [1.29, 1.82) is 0 Å². The van der Waals surface area contributed by atoms with E-state index in [0.29, 0.717) is 17.7 Å². The first-order valence-electron chi connectivity index (χ1n) is 5.79. The average Bonchev–Trinajstić information content (AvgIpc) is 2.47. The molecule has 21 heavy (non-hydrogen) atoms. The van der Waals surface area contributed by atoms with E-state index in [0.717, 1.165) is 0 Å². The highest BCUT2D eigenvalue weighted by Crippen LogP contribution is 2.22. The molecular weight excluding hydrogens is 284 g/mol. The Labute approximate surface area is 117 Å². The van der Waals surface area contributed by atoms with Crippen LogP contribution in [-0.2, 0) is 6.54 Å². The van der Waals surface area contributed by atoms with E-state index in [2.05, 4.69) is 10.3 Å². The number of carbonyl (C=O) groups excluding carboxylic acids is 1. The third kappa shape index (κ3) is 3.35. The molecule has 0 aliphatic heterocycles. The molecule has 0 bridgehead atoms. The number of nitro groups is 1. The van der Waals surface area contributed by atoms with Crippen molar-refractivity contribution in [1.82, 2.24) is 10.3 Å². The SMILES string of the molecule is O=C(NCc1ccncc1)c1cc(F)cc([N+](=O)[O-])c1F. The highest BCUT2D eigenvalue weighted by molar-refractivity contribution is 5.95. The van der Waals surface area contributed by atoms with Crippen LogP contribution in [0.5, 0.6) is 0 Å². The third-order valence-electron chi connectivity index (χ3n) is 2.66. The van der Waals surface area contributed by atoms with Crippen molar-refractivity contribution in [2.75, 3.05) is 0 Å². The third-order valence-corrected chi connectivity index (χ3v) is 2.66. The number of halogens is 2. The molecule has 1 heterocycles. The summed E-state index contributed by atoms with van der Waals surface area (Å²) in [7, 11) is 0. The fourth-order valence-corrected chi connectivity index (χ4v) is 1.65. The summed E-state index contributed by atoms with van der Waals surface area (Å²) in [6, 6.07) is 4.30. The zero-order chi connectivity index (χ0) is 15.4. The standard InChI is InChI=1S/C13H9F2N3O3/c14-9-5-10(12(15)11(6-9)18(20)21)13(19)17-7-8-1-3-16-4-2-8/h1-6H,7H2,(H,17,19). The van der Waals surface area contributed by atoms with Crippen LogP contribution in [0.25, 0.3) is 0 Å². The van der Waals surface area contributed by atoms with Crippen molar-refractivity contribution < 1.29 is 18.5 Å². The van der Waals surface area contributed by atoms with Crippen molar-refractivity contribution in [3.63, 3.8) is 0 Å². The maximum atomic E-state index is 13.8. The van der Waals surface area contributed by atoms with Crippen LogP contribution >= 0.6 is 0 Å². The van der Waals surface area contributed by atoms with Gasteiger partial charge in [0.05, 0.1) is 16.6 Å². The molecule has 0 aliphatic carbocycles. The lowest BCUT2D eigenvalue weighted by atomic mass is 10.1. The minimum atomic E-state index is -1.37. The lowest BCUT2D eigenvalue weighted by molar-refractivity contribution is -0.387. The van der Waals surface area contributed by atoms with Crippen LogP contribution in [0.15, 0.2) is 36.7 Å². The van der Waals surface area contributed by atoms with Gasteiger partial charge in [-0.1, -0.05) is 0 Å². The first-order valence-corrected chi connectivity index (χ1v) is 5.79. The molecule has 0 radical (unpaired) electrons. The Kier molecular flexibility index (Phi) is 4.17. The second-order valence-electron chi connectivity index (χ2n) is 4.08. The number of nitrogens with one attached hydrogen (secondary N) is 1. The Morgan fingerprint density at radius 3 is 2.57 bits per heavy atom. The lowest BCUT2D eigenvalue weighted by Gasteiger charge is -2.06. The molecule has 0 spiro atoms. The van der Waals surface area contributed by atoms with E-state index in [1.165, 1.54) is 12.4 Å². The van der Waals surface area contributed by atoms with Crippen molar-refractivity contribution in [2.45, 2.75) is 6.54 Å². The van der Waals surface area contributed by atoms with Gasteiger partial charge in [0.15, 0.2) is 0 Å². The summed E-state index contributed by atoms with van der Waals surface area (Å²) in [4.78, 5) is 25.1. The Hall–Kier alpha value is -2.90. The number of amides is 1. The van der Waals surface area contributed by atoms with Crippen LogP contribution in [0.4, 0.5) is 14.5 Å². The van der Waals surface area contributed by atoms with E-state index in [4.69, 9.17) is 0 Å². The van der Waals surface area contributed by atoms with Crippen LogP contribution in [0.2, 0.25) is 0 Å². The number of aromatic nitrogens is 1. The quantitative estimate of drug-likeness (QED) is 0.691. The van der Waals surface area contributed by atoms with Gasteiger partial charge in [-0.25, -0.2) is 4.39 Å². The van der Waals surface area contributed by atoms with Crippen molar-refractivity contribution >= 4 is 11.6 Å². The van der Waals surface area contributed by atoms with Crippen LogP contribution in [-0.4, -0.2) is 15.8 Å². The van der Waals surface area contributed by atoms with Crippen LogP contribution < -0.4 is 5.32 Å². The first-order chi connectivity index (χ1) is 9.99. The summed E-state index contributed by atoms with van der Waals surface area (Å²) >= 11 is 0. The smallest absolute Gasteiger partial charge is 0.308 e. The summed E-state index contributed by atoms with van der Waals surface area (Å²) in [6.45, 7) is 0.0606. The topological polar surface area (TPSA) is 85.1 Å². The molecule has 1 amide bonds. The van der Waals surface area contributed by atoms with Gasteiger partial charge in [0.25, 0.3) is 5.91 Å². The fourth-order valence-electron chi connectivity index (χ4n) is 1.65. The molecule has 0 atom stereocenters. The lowest BCUT2D eigenvalue weighted by Crippen LogP contribution is -2.24. The molecule has 2 rings (SSSR count). The molecule has 1 aromatic heterocycles. The maximum Gasteiger partial charge on any atom is 0.308 e. The molecule has 0 fully saturated rings. The van der Waals surface area contributed by atoms with Gasteiger partial charge in [0.1, 0.15) is 5.82 Å². The molecule has 2 aromatic rings. The molecule has 6 nitrogen and oxygen atoms in total. The number of nitrogens with zero attached hydrogens (tertiary/aromatic N) is 2. The number of carbonyl (C=O) groups is 1. The number of hydrogen-bond acceptors (Lipinski definition) is 4. The molecule has 108 valence electrons. The summed E-state index contributed by atoms with van der Waals surface area (Å²) < 4.78 is 27.0. The Bertz CT molecular complexity index is 693. The van der Waals surface area contributed by atoms with Crippen molar-refractivity contribution in [3.8, 4) is 0 Å². The monoisotopic (exact) mass is 293 g/mol. The predicted octanol–water partition coefficient (Wildman–Crippen LogP) is 2.20. The number of rotatable bonds is 4. The number of nitro benzene ring substituents is 1. The minimum absolute atomic E-state index is 0.0606. The Morgan fingerprint density at radius 2 is 1.95 bits per heavy atom. The minimum Gasteiger partial charge on any atom is -0.348 e. The number of pyridine rings is 1. The molecule has 0 saturated heterocycles. The van der Waals surface area contributed by atoms with Gasteiger partial charge >= 0.3 is 5.69 Å². The number of benzene rings is 1. The summed E-state index contributed by atoms with van der Waals surface area (Å²) in [5.74, 6) is -3.36. The molecule has 0 saturated carbocycles. The van der Waals surface area contributed by atoms with E-state index < -0.39 is 33.7 Å². The van der Waals surface area contributed by atoms with Crippen molar-refractivity contribution in [3.05, 3.63) is 69.5 Å². The number of hydrogen-bond donors (Lipinski definition) is 1. The van der Waals surface area contributed by atoms with Gasteiger partial charge in [-0.15, -0.1) is 0 Å². The largest absolute Gasteiger partial charge is 0.348 e. The van der Waals surface area contributed by atoms with E-state index in [-0.39, 0.29) is 6.54 Å². The summed E-state index contributed by atoms with van der Waals surface area (Å²) in [6.07, 6.45) is 3.02. The summed E-state index contributed by atoms with van der Waals surface area (Å²) in [5.41, 5.74) is -1.09. The van der Waals surface area contributed by atoms with Gasteiger partial charge in [-0.3, -0.25) is 19.9 Å².